The first-order chi connectivity index (χ1) is 15.9. The average molecular weight is 451 g/mol. The van der Waals surface area contributed by atoms with Crippen molar-refractivity contribution in [2.75, 3.05) is 25.0 Å². The molecule has 8 nitrogen and oxygen atoms in total. The third-order valence-corrected chi connectivity index (χ3v) is 6.58. The van der Waals surface area contributed by atoms with Gasteiger partial charge in [0.25, 0.3) is 0 Å². The minimum absolute atomic E-state index is 0.00495. The molecule has 33 heavy (non-hydrogen) atoms. The summed E-state index contributed by atoms with van der Waals surface area (Å²) in [5, 5.41) is 6.17. The average Bonchev–Trinajstić information content (AvgIpc) is 3.35. The van der Waals surface area contributed by atoms with E-state index in [-0.39, 0.29) is 23.9 Å². The first kappa shape index (κ1) is 21.4. The van der Waals surface area contributed by atoms with Gasteiger partial charge in [0.15, 0.2) is 11.6 Å². The normalized spacial score (nSPS) is 22.7. The van der Waals surface area contributed by atoms with Gasteiger partial charge in [-0.3, -0.25) is 4.99 Å². The van der Waals surface area contributed by atoms with Gasteiger partial charge in [-0.05, 0) is 38.3 Å². The van der Waals surface area contributed by atoms with Gasteiger partial charge in [-0.2, -0.15) is 4.98 Å². The molecule has 0 unspecified atom stereocenters. The Hall–Kier alpha value is -3.49. The van der Waals surface area contributed by atoms with Crippen LogP contribution in [0.25, 0.3) is 0 Å². The number of amides is 2. The summed E-state index contributed by atoms with van der Waals surface area (Å²) in [6, 6.07) is 10.4. The Bertz CT molecular complexity index is 1150. The molecule has 2 aliphatic heterocycles. The molecule has 1 aliphatic carbocycles. The van der Waals surface area contributed by atoms with Gasteiger partial charge >= 0.3 is 12.0 Å². The van der Waals surface area contributed by atoms with Crippen molar-refractivity contribution < 1.29 is 13.9 Å². The number of aromatic nitrogens is 2. The number of urea groups is 1. The van der Waals surface area contributed by atoms with Crippen LogP contribution in [-0.4, -0.2) is 58.0 Å². The summed E-state index contributed by atoms with van der Waals surface area (Å²) in [6.07, 6.45) is 2.02. The molecule has 1 aromatic heterocycles. The van der Waals surface area contributed by atoms with Crippen LogP contribution < -0.4 is 15.4 Å². The molecule has 172 valence electrons. The summed E-state index contributed by atoms with van der Waals surface area (Å²) in [4.78, 5) is 27.5. The minimum atomic E-state index is -0.595. The number of amidine groups is 1. The lowest BCUT2D eigenvalue weighted by atomic mass is 9.94. The number of aliphatic imine (C=N–C) groups is 1. The van der Waals surface area contributed by atoms with Crippen molar-refractivity contribution in [2.45, 2.75) is 44.7 Å². The monoisotopic (exact) mass is 450 g/mol. The highest BCUT2D eigenvalue weighted by atomic mass is 19.1. The highest BCUT2D eigenvalue weighted by Gasteiger charge is 2.47. The van der Waals surface area contributed by atoms with Crippen LogP contribution in [0, 0.1) is 5.82 Å². The smallest absolute Gasteiger partial charge is 0.318 e. The lowest BCUT2D eigenvalue weighted by Crippen LogP contribution is -2.51. The largest absolute Gasteiger partial charge is 0.464 e. The molecule has 2 amide bonds. The Labute approximate surface area is 192 Å². The van der Waals surface area contributed by atoms with Crippen molar-refractivity contribution in [1.82, 2.24) is 20.2 Å². The number of carbonyl (C=O) groups excluding carboxylic acids is 1. The van der Waals surface area contributed by atoms with Crippen molar-refractivity contribution in [2.24, 2.45) is 4.99 Å². The van der Waals surface area contributed by atoms with E-state index in [2.05, 4.69) is 37.7 Å². The Morgan fingerprint density at radius 3 is 2.85 bits per heavy atom. The molecular weight excluding hydrogens is 423 g/mol. The minimum Gasteiger partial charge on any atom is -0.464 e. The molecule has 0 bridgehead atoms. The standard InChI is InChI=1S/C24H27FN6O2/c1-4-33-22-27-12-18(25)21(30-22)29-20-16-13-31(24(2,3)17(16)11-26-20)23(32)28-19-10-15(19)14-8-6-5-7-9-14/h5-9,12,15,19H,4,10-11,13H2,1-3H3,(H,28,32)(H,26,27,29,30)/t15-,19+/m0/s1. The molecule has 2 atom stereocenters. The molecule has 0 radical (unpaired) electrons. The fourth-order valence-corrected chi connectivity index (χ4v) is 4.59. The highest BCUT2D eigenvalue weighted by molar-refractivity contribution is 6.11. The van der Waals surface area contributed by atoms with Crippen molar-refractivity contribution in [1.29, 1.82) is 0 Å². The fourth-order valence-electron chi connectivity index (χ4n) is 4.59. The van der Waals surface area contributed by atoms with Crippen LogP contribution in [0.2, 0.25) is 0 Å². The van der Waals surface area contributed by atoms with Crippen LogP contribution in [0.3, 0.4) is 0 Å². The predicted octanol–water partition coefficient (Wildman–Crippen LogP) is 3.49. The quantitative estimate of drug-likeness (QED) is 0.728. The Balaban J connectivity index is 1.27. The zero-order chi connectivity index (χ0) is 23.2. The first-order valence-electron chi connectivity index (χ1n) is 11.2. The van der Waals surface area contributed by atoms with Crippen LogP contribution in [0.4, 0.5) is 15.0 Å². The molecule has 1 aromatic carbocycles. The maximum Gasteiger partial charge on any atom is 0.318 e. The molecule has 1 saturated carbocycles. The van der Waals surface area contributed by atoms with E-state index in [4.69, 9.17) is 4.74 Å². The number of ether oxygens (including phenoxy) is 1. The number of anilines is 1. The van der Waals surface area contributed by atoms with E-state index in [1.54, 1.807) is 0 Å². The SMILES string of the molecule is CCOc1ncc(F)c(NC2=NCC3=C2CN(C(=O)N[C@@H]2C[C@H]2c2ccccc2)C3(C)C)n1. The number of rotatable bonds is 5. The molecule has 1 fully saturated rings. The molecule has 5 rings (SSSR count). The third kappa shape index (κ3) is 3.92. The topological polar surface area (TPSA) is 91.7 Å². The molecule has 3 aliphatic rings. The van der Waals surface area contributed by atoms with Gasteiger partial charge in [0.2, 0.25) is 0 Å². The summed E-state index contributed by atoms with van der Waals surface area (Å²) in [5.41, 5.74) is 2.71. The lowest BCUT2D eigenvalue weighted by molar-refractivity contribution is 0.170. The number of nitrogens with zero attached hydrogens (tertiary/aromatic N) is 4. The van der Waals surface area contributed by atoms with Gasteiger partial charge in [-0.25, -0.2) is 14.2 Å². The first-order valence-corrected chi connectivity index (χ1v) is 11.2. The molecule has 9 heteroatoms. The van der Waals surface area contributed by atoms with Gasteiger partial charge in [0.05, 0.1) is 31.4 Å². The van der Waals surface area contributed by atoms with Crippen LogP contribution in [0.1, 0.15) is 38.7 Å². The summed E-state index contributed by atoms with van der Waals surface area (Å²) < 4.78 is 19.6. The van der Waals surface area contributed by atoms with Gasteiger partial charge in [-0.15, -0.1) is 0 Å². The van der Waals surface area contributed by atoms with Gasteiger partial charge < -0.3 is 20.3 Å². The number of hydrogen-bond donors (Lipinski definition) is 2. The van der Waals surface area contributed by atoms with E-state index in [9.17, 15) is 9.18 Å². The lowest BCUT2D eigenvalue weighted by Gasteiger charge is -2.34. The number of hydrogen-bond acceptors (Lipinski definition) is 6. The molecule has 3 heterocycles. The van der Waals surface area contributed by atoms with Crippen LogP contribution in [-0.2, 0) is 0 Å². The zero-order valence-corrected chi connectivity index (χ0v) is 18.9. The maximum absolute atomic E-state index is 14.3. The number of carbonyl (C=O) groups is 1. The van der Waals surface area contributed by atoms with E-state index >= 15 is 0 Å². The van der Waals surface area contributed by atoms with Crippen molar-refractivity contribution in [3.05, 3.63) is 59.1 Å². The summed E-state index contributed by atoms with van der Waals surface area (Å²) >= 11 is 0. The van der Waals surface area contributed by atoms with Crippen LogP contribution in [0.15, 0.2) is 52.7 Å². The summed E-state index contributed by atoms with van der Waals surface area (Å²) in [5.74, 6) is 0.301. The molecule has 2 aromatic rings. The predicted molar refractivity (Wildman–Crippen MR) is 123 cm³/mol. The van der Waals surface area contributed by atoms with Crippen molar-refractivity contribution in [3.8, 4) is 6.01 Å². The molecule has 2 N–H and O–H groups in total. The number of nitrogens with one attached hydrogen (secondary N) is 2. The van der Waals surface area contributed by atoms with Crippen LogP contribution >= 0.6 is 0 Å². The van der Waals surface area contributed by atoms with Gasteiger partial charge in [-0.1, -0.05) is 30.3 Å². The maximum atomic E-state index is 14.3. The van der Waals surface area contributed by atoms with Gasteiger partial charge in [0, 0.05) is 17.5 Å². The Morgan fingerprint density at radius 2 is 2.09 bits per heavy atom. The second-order valence-corrected chi connectivity index (χ2v) is 8.98. The van der Waals surface area contributed by atoms with E-state index in [1.807, 2.05) is 43.9 Å². The molecular formula is C24H27FN6O2. The summed E-state index contributed by atoms with van der Waals surface area (Å²) in [7, 11) is 0. The van der Waals surface area contributed by atoms with E-state index < -0.39 is 11.4 Å². The van der Waals surface area contributed by atoms with Crippen LogP contribution in [0.5, 0.6) is 6.01 Å². The number of benzene rings is 1. The van der Waals surface area contributed by atoms with Crippen molar-refractivity contribution >= 4 is 17.7 Å². The van der Waals surface area contributed by atoms with Gasteiger partial charge in [0.1, 0.15) is 5.84 Å². The second-order valence-electron chi connectivity index (χ2n) is 8.98. The fraction of sp³-hybridized carbons (Fsp3) is 0.417. The molecule has 0 spiro atoms. The Kier molecular flexibility index (Phi) is 5.26. The molecule has 0 saturated heterocycles. The highest BCUT2D eigenvalue weighted by Crippen LogP contribution is 2.42. The van der Waals surface area contributed by atoms with E-state index in [0.29, 0.717) is 31.4 Å². The third-order valence-electron chi connectivity index (χ3n) is 6.58. The summed E-state index contributed by atoms with van der Waals surface area (Å²) in [6.45, 7) is 7.08. The Morgan fingerprint density at radius 1 is 1.30 bits per heavy atom. The second kappa shape index (κ2) is 8.13. The van der Waals surface area contributed by atoms with E-state index in [0.717, 1.165) is 23.8 Å². The van der Waals surface area contributed by atoms with Crippen molar-refractivity contribution in [3.63, 3.8) is 0 Å². The zero-order valence-electron chi connectivity index (χ0n) is 18.9. The van der Waals surface area contributed by atoms with E-state index in [1.165, 1.54) is 5.56 Å². The number of halogens is 1.